The van der Waals surface area contributed by atoms with Crippen LogP contribution in [0.3, 0.4) is 0 Å². The summed E-state index contributed by atoms with van der Waals surface area (Å²) in [5.74, 6) is 0.669. The van der Waals surface area contributed by atoms with Crippen molar-refractivity contribution in [3.05, 3.63) is 46.4 Å². The molecular weight excluding hydrogens is 506 g/mol. The molecular formula is C27H36ClN7O3. The Bertz CT molecular complexity index is 1330. The highest BCUT2D eigenvalue weighted by atomic mass is 35.5. The molecule has 5 rings (SSSR count). The van der Waals surface area contributed by atoms with Gasteiger partial charge in [0.15, 0.2) is 11.3 Å². The van der Waals surface area contributed by atoms with E-state index in [2.05, 4.69) is 26.5 Å². The van der Waals surface area contributed by atoms with Gasteiger partial charge in [0.05, 0.1) is 29.4 Å². The van der Waals surface area contributed by atoms with Crippen LogP contribution in [0.4, 0.5) is 5.82 Å². The first-order chi connectivity index (χ1) is 18.2. The summed E-state index contributed by atoms with van der Waals surface area (Å²) >= 11 is 6.35. The number of rotatable bonds is 8. The quantitative estimate of drug-likeness (QED) is 0.446. The lowest BCUT2D eigenvalue weighted by Crippen LogP contribution is -2.43. The molecule has 0 spiro atoms. The van der Waals surface area contributed by atoms with Gasteiger partial charge >= 0.3 is 0 Å². The lowest BCUT2D eigenvalue weighted by atomic mass is 9.91. The van der Waals surface area contributed by atoms with Crippen molar-refractivity contribution in [1.29, 1.82) is 0 Å². The van der Waals surface area contributed by atoms with E-state index in [4.69, 9.17) is 31.8 Å². The van der Waals surface area contributed by atoms with Gasteiger partial charge in [-0.3, -0.25) is 4.79 Å². The minimum atomic E-state index is -0.403. The van der Waals surface area contributed by atoms with Gasteiger partial charge in [0.25, 0.3) is 5.91 Å². The summed E-state index contributed by atoms with van der Waals surface area (Å²) in [7, 11) is 1.67. The number of fused-ring (bicyclic) bond motifs is 2. The van der Waals surface area contributed by atoms with Crippen LogP contribution < -0.4 is 16.0 Å². The summed E-state index contributed by atoms with van der Waals surface area (Å²) in [5, 5.41) is 12.8. The molecule has 1 saturated heterocycles. The van der Waals surface area contributed by atoms with Crippen LogP contribution in [-0.2, 0) is 28.9 Å². The first-order valence-electron chi connectivity index (χ1n) is 13.2. The number of hydrogen-bond donors (Lipinski definition) is 2. The number of hydrogen-bond acceptors (Lipinski definition) is 8. The van der Waals surface area contributed by atoms with E-state index in [-0.39, 0.29) is 29.8 Å². The van der Waals surface area contributed by atoms with Crippen molar-refractivity contribution in [2.45, 2.75) is 70.4 Å². The lowest BCUT2D eigenvalue weighted by molar-refractivity contribution is -0.102. The fourth-order valence-electron chi connectivity index (χ4n) is 5.45. The molecule has 1 fully saturated rings. The second-order valence-electron chi connectivity index (χ2n) is 10.8. The van der Waals surface area contributed by atoms with Crippen molar-refractivity contribution in [2.24, 2.45) is 5.73 Å². The van der Waals surface area contributed by atoms with Crippen molar-refractivity contribution < 1.29 is 14.3 Å². The fourth-order valence-corrected chi connectivity index (χ4v) is 5.71. The number of ether oxygens (including phenoxy) is 2. The van der Waals surface area contributed by atoms with Crippen molar-refractivity contribution in [3.63, 3.8) is 0 Å². The maximum Gasteiger partial charge on any atom is 0.272 e. The van der Waals surface area contributed by atoms with Crippen LogP contribution in [0.15, 0.2) is 24.4 Å². The SMILES string of the molecule is CCn1cc(Cl)c2cc(C(=O)NC3CCc4nc(N5CC(N)C(OC(C)(C)COC)C5)ccc4C3)nnc21. The number of anilines is 1. The van der Waals surface area contributed by atoms with Crippen molar-refractivity contribution in [1.82, 2.24) is 25.1 Å². The van der Waals surface area contributed by atoms with E-state index in [1.165, 1.54) is 0 Å². The Morgan fingerprint density at radius 2 is 2.11 bits per heavy atom. The van der Waals surface area contributed by atoms with Gasteiger partial charge in [0, 0.05) is 50.1 Å². The number of carbonyl (C=O) groups excluding carboxylic acids is 1. The molecule has 204 valence electrons. The third-order valence-corrected chi connectivity index (χ3v) is 7.63. The van der Waals surface area contributed by atoms with Gasteiger partial charge in [-0.1, -0.05) is 17.7 Å². The minimum Gasteiger partial charge on any atom is -0.382 e. The monoisotopic (exact) mass is 541 g/mol. The maximum atomic E-state index is 13.0. The van der Waals surface area contributed by atoms with E-state index in [0.717, 1.165) is 41.8 Å². The van der Waals surface area contributed by atoms with E-state index in [1.807, 2.05) is 37.6 Å². The van der Waals surface area contributed by atoms with Crippen molar-refractivity contribution >= 4 is 34.4 Å². The summed E-state index contributed by atoms with van der Waals surface area (Å²) in [4.78, 5) is 20.1. The predicted molar refractivity (Wildman–Crippen MR) is 147 cm³/mol. The second-order valence-corrected chi connectivity index (χ2v) is 11.2. The summed E-state index contributed by atoms with van der Waals surface area (Å²) in [6.45, 7) is 8.65. The lowest BCUT2D eigenvalue weighted by Gasteiger charge is -2.30. The number of amides is 1. The highest BCUT2D eigenvalue weighted by molar-refractivity contribution is 6.35. The van der Waals surface area contributed by atoms with E-state index >= 15 is 0 Å². The zero-order valence-electron chi connectivity index (χ0n) is 22.4. The van der Waals surface area contributed by atoms with Gasteiger partial charge in [-0.25, -0.2) is 4.98 Å². The Balaban J connectivity index is 1.22. The maximum absolute atomic E-state index is 13.0. The molecule has 1 aliphatic heterocycles. The zero-order chi connectivity index (χ0) is 27.0. The molecule has 0 bridgehead atoms. The molecule has 3 aromatic rings. The molecule has 3 atom stereocenters. The molecule has 3 N–H and O–H groups in total. The van der Waals surface area contributed by atoms with Crippen LogP contribution in [-0.4, -0.2) is 76.3 Å². The standard InChI is InChI=1S/C27H36ClN7O3/c1-5-34-12-19(28)18-11-22(32-33-25(18)34)26(36)30-17-7-8-21-16(10-17)6-9-24(31-21)35-13-20(29)23(14-35)38-27(2,3)15-37-4/h6,9,11-12,17,20,23H,5,7-8,10,13-15,29H2,1-4H3,(H,30,36). The smallest absolute Gasteiger partial charge is 0.272 e. The molecule has 10 nitrogen and oxygen atoms in total. The number of aryl methyl sites for hydroxylation is 2. The summed E-state index contributed by atoms with van der Waals surface area (Å²) < 4.78 is 13.5. The average molecular weight is 542 g/mol. The Morgan fingerprint density at radius 3 is 2.87 bits per heavy atom. The van der Waals surface area contributed by atoms with Crippen LogP contribution in [0.25, 0.3) is 11.0 Å². The van der Waals surface area contributed by atoms with Gasteiger partial charge in [0.2, 0.25) is 0 Å². The number of halogens is 1. The fraction of sp³-hybridized carbons (Fsp3) is 0.556. The Hall–Kier alpha value is -2.79. The third-order valence-electron chi connectivity index (χ3n) is 7.33. The molecule has 38 heavy (non-hydrogen) atoms. The number of nitrogens with two attached hydrogens (primary N) is 1. The number of methoxy groups -OCH3 is 1. The van der Waals surface area contributed by atoms with Crippen LogP contribution in [0, 0.1) is 0 Å². The minimum absolute atomic E-state index is 0.00290. The van der Waals surface area contributed by atoms with Crippen LogP contribution in [0.5, 0.6) is 0 Å². The van der Waals surface area contributed by atoms with E-state index < -0.39 is 5.60 Å². The molecule has 2 aliphatic rings. The second kappa shape index (κ2) is 10.8. The Kier molecular flexibility index (Phi) is 7.59. The van der Waals surface area contributed by atoms with Crippen molar-refractivity contribution in [2.75, 3.05) is 31.7 Å². The predicted octanol–water partition coefficient (Wildman–Crippen LogP) is 2.74. The van der Waals surface area contributed by atoms with E-state index in [0.29, 0.717) is 36.8 Å². The first-order valence-corrected chi connectivity index (χ1v) is 13.5. The van der Waals surface area contributed by atoms with Crippen LogP contribution >= 0.6 is 11.6 Å². The molecule has 11 heteroatoms. The zero-order valence-corrected chi connectivity index (χ0v) is 23.2. The molecule has 1 amide bonds. The molecule has 3 unspecified atom stereocenters. The average Bonchev–Trinajstić information content (AvgIpc) is 3.41. The van der Waals surface area contributed by atoms with E-state index in [1.54, 1.807) is 13.2 Å². The molecule has 1 aliphatic carbocycles. The number of carbonyl (C=O) groups is 1. The number of aromatic nitrogens is 4. The molecule has 0 aromatic carbocycles. The van der Waals surface area contributed by atoms with Crippen LogP contribution in [0.2, 0.25) is 5.02 Å². The molecule has 0 radical (unpaired) electrons. The topological polar surface area (TPSA) is 120 Å². The van der Waals surface area contributed by atoms with Gasteiger partial charge in [-0.2, -0.15) is 0 Å². The highest BCUT2D eigenvalue weighted by Gasteiger charge is 2.36. The largest absolute Gasteiger partial charge is 0.382 e. The van der Waals surface area contributed by atoms with Gasteiger partial charge < -0.3 is 30.0 Å². The van der Waals surface area contributed by atoms with Crippen molar-refractivity contribution in [3.8, 4) is 0 Å². The highest BCUT2D eigenvalue weighted by Crippen LogP contribution is 2.28. The van der Waals surface area contributed by atoms with Crippen LogP contribution in [0.1, 0.15) is 48.9 Å². The van der Waals surface area contributed by atoms with Gasteiger partial charge in [-0.15, -0.1) is 10.2 Å². The normalized spacial score (nSPS) is 21.6. The van der Waals surface area contributed by atoms with E-state index in [9.17, 15) is 4.79 Å². The molecule has 3 aromatic heterocycles. The first kappa shape index (κ1) is 26.8. The van der Waals surface area contributed by atoms with Gasteiger partial charge in [0.1, 0.15) is 5.82 Å². The Morgan fingerprint density at radius 1 is 1.29 bits per heavy atom. The summed E-state index contributed by atoms with van der Waals surface area (Å²) in [5.41, 5.74) is 9.17. The summed E-state index contributed by atoms with van der Waals surface area (Å²) in [6, 6.07) is 5.77. The number of nitrogens with one attached hydrogen (secondary N) is 1. The van der Waals surface area contributed by atoms with Gasteiger partial charge in [-0.05, 0) is 57.7 Å². The molecule has 4 heterocycles. The third kappa shape index (κ3) is 5.49. The summed E-state index contributed by atoms with van der Waals surface area (Å²) in [6.07, 6.45) is 4.02. The number of nitrogens with zero attached hydrogens (tertiary/aromatic N) is 5. The Labute approximate surface area is 227 Å². The molecule has 0 saturated carbocycles. The number of pyridine rings is 1.